The van der Waals surface area contributed by atoms with Gasteiger partial charge in [0.15, 0.2) is 11.6 Å². The van der Waals surface area contributed by atoms with Crippen LogP contribution in [0.1, 0.15) is 11.4 Å². The van der Waals surface area contributed by atoms with Crippen LogP contribution in [-0.4, -0.2) is 26.4 Å². The number of hydrogen-bond donors (Lipinski definition) is 0. The van der Waals surface area contributed by atoms with Crippen molar-refractivity contribution in [3.63, 3.8) is 0 Å². The Balaban J connectivity index is 1.33. The molecule has 3 heterocycles. The third-order valence-corrected chi connectivity index (χ3v) is 8.96. The van der Waals surface area contributed by atoms with Gasteiger partial charge in [0.05, 0.1) is 5.70 Å². The number of aromatic nitrogens is 3. The number of anilines is 1. The number of rotatable bonds is 5. The second kappa shape index (κ2) is 11.2. The van der Waals surface area contributed by atoms with Crippen molar-refractivity contribution in [2.45, 2.75) is 0 Å². The molecule has 0 bridgehead atoms. The first kappa shape index (κ1) is 27.0. The quantitative estimate of drug-likeness (QED) is 0.183. The molecule has 0 atom stereocenters. The molecule has 0 amide bonds. The molecule has 5 heteroatoms. The fourth-order valence-corrected chi connectivity index (χ4v) is 7.00. The molecule has 0 fully saturated rings. The average Bonchev–Trinajstić information content (AvgIpc) is 3.50. The highest BCUT2D eigenvalue weighted by atomic mass is 15.4. The number of nitrogens with zero attached hydrogens (tertiary/aromatic N) is 5. The molecule has 0 saturated carbocycles. The fourth-order valence-electron chi connectivity index (χ4n) is 7.00. The molecule has 0 N–H and O–H groups in total. The monoisotopic (exact) mass is 603 g/mol. The van der Waals surface area contributed by atoms with Gasteiger partial charge in [0.1, 0.15) is 17.8 Å². The van der Waals surface area contributed by atoms with Crippen LogP contribution < -0.4 is 4.90 Å². The first-order valence-electron chi connectivity index (χ1n) is 15.8. The lowest BCUT2D eigenvalue weighted by Crippen LogP contribution is -2.27. The minimum atomic E-state index is 0.619. The lowest BCUT2D eigenvalue weighted by Gasteiger charge is -2.28. The Morgan fingerprint density at radius 3 is 1.66 bits per heavy atom. The van der Waals surface area contributed by atoms with Crippen LogP contribution >= 0.6 is 0 Å². The summed E-state index contributed by atoms with van der Waals surface area (Å²) >= 11 is 0. The van der Waals surface area contributed by atoms with Crippen molar-refractivity contribution in [3.05, 3.63) is 181 Å². The maximum Gasteiger partial charge on any atom is 0.182 e. The SMILES string of the molecule is C1=CCN2C(=C1)N(c1ccccc1)C(c1ncnc(-c3c4ccccc4c(-c4ccccc4)c4ccccc34)n1)=C2c1ccccc1. The standard InChI is InChI=1S/C42H29N5/c1-4-16-29(17-5-1)37-32-22-10-12-24-34(32)38(35-25-13-11-23-33(35)37)41-43-28-44-42(45-41)40-39(30-18-6-2-7-19-30)46-27-15-14-26-36(46)47(40)31-20-8-3-9-21-31/h1-26,28H,27H2. The summed E-state index contributed by atoms with van der Waals surface area (Å²) in [4.78, 5) is 19.7. The van der Waals surface area contributed by atoms with Crippen LogP contribution in [-0.2, 0) is 0 Å². The zero-order valence-electron chi connectivity index (χ0n) is 25.5. The Bertz CT molecular complexity index is 2320. The fraction of sp³-hybridized carbons (Fsp3) is 0.0238. The number of allylic oxidation sites excluding steroid dienone is 2. The van der Waals surface area contributed by atoms with E-state index in [2.05, 4.69) is 161 Å². The van der Waals surface area contributed by atoms with Crippen LogP contribution in [0, 0.1) is 0 Å². The van der Waals surface area contributed by atoms with E-state index >= 15 is 0 Å². The topological polar surface area (TPSA) is 45.2 Å². The van der Waals surface area contributed by atoms with Gasteiger partial charge in [0.2, 0.25) is 0 Å². The first-order chi connectivity index (χ1) is 23.4. The maximum atomic E-state index is 5.34. The summed E-state index contributed by atoms with van der Waals surface area (Å²) in [6.07, 6.45) is 8.13. The van der Waals surface area contributed by atoms with E-state index in [9.17, 15) is 0 Å². The first-order valence-corrected chi connectivity index (χ1v) is 15.8. The summed E-state index contributed by atoms with van der Waals surface area (Å²) in [5.74, 6) is 2.33. The van der Waals surface area contributed by atoms with Crippen LogP contribution in [0.25, 0.3) is 55.5 Å². The van der Waals surface area contributed by atoms with E-state index in [0.717, 1.165) is 51.3 Å². The third-order valence-electron chi connectivity index (χ3n) is 8.96. The number of hydrogen-bond acceptors (Lipinski definition) is 5. The largest absolute Gasteiger partial charge is 0.321 e. The van der Waals surface area contributed by atoms with E-state index in [1.54, 1.807) is 6.33 Å². The summed E-state index contributed by atoms with van der Waals surface area (Å²) < 4.78 is 0. The molecule has 6 aromatic carbocycles. The second-order valence-electron chi connectivity index (χ2n) is 11.6. The number of benzene rings is 6. The summed E-state index contributed by atoms with van der Waals surface area (Å²) in [7, 11) is 0. The van der Waals surface area contributed by atoms with Gasteiger partial charge in [-0.25, -0.2) is 15.0 Å². The van der Waals surface area contributed by atoms with Crippen LogP contribution in [0.5, 0.6) is 0 Å². The van der Waals surface area contributed by atoms with Gasteiger partial charge >= 0.3 is 0 Å². The maximum absolute atomic E-state index is 5.34. The minimum Gasteiger partial charge on any atom is -0.321 e. The van der Waals surface area contributed by atoms with Crippen LogP contribution in [0.15, 0.2) is 170 Å². The molecule has 2 aliphatic rings. The van der Waals surface area contributed by atoms with E-state index in [0.29, 0.717) is 11.6 Å². The van der Waals surface area contributed by atoms with Gasteiger partial charge < -0.3 is 4.90 Å². The molecule has 0 radical (unpaired) electrons. The van der Waals surface area contributed by atoms with Crippen molar-refractivity contribution in [2.75, 3.05) is 11.4 Å². The van der Waals surface area contributed by atoms with Crippen molar-refractivity contribution in [1.29, 1.82) is 0 Å². The number of fused-ring (bicyclic) bond motifs is 3. The minimum absolute atomic E-state index is 0.619. The summed E-state index contributed by atoms with van der Waals surface area (Å²) in [5.41, 5.74) is 7.54. The lowest BCUT2D eigenvalue weighted by atomic mass is 9.88. The van der Waals surface area contributed by atoms with Crippen molar-refractivity contribution in [1.82, 2.24) is 19.9 Å². The third kappa shape index (κ3) is 4.43. The average molecular weight is 604 g/mol. The van der Waals surface area contributed by atoms with E-state index < -0.39 is 0 Å². The Morgan fingerprint density at radius 2 is 1.02 bits per heavy atom. The highest BCUT2D eigenvalue weighted by Crippen LogP contribution is 2.47. The van der Waals surface area contributed by atoms with E-state index in [1.165, 1.54) is 21.9 Å². The van der Waals surface area contributed by atoms with Gasteiger partial charge in [-0.2, -0.15) is 0 Å². The molecular formula is C42H29N5. The predicted octanol–water partition coefficient (Wildman–Crippen LogP) is 9.57. The van der Waals surface area contributed by atoms with E-state index in [1.807, 2.05) is 6.07 Å². The van der Waals surface area contributed by atoms with Crippen molar-refractivity contribution in [3.8, 4) is 22.5 Å². The zero-order valence-corrected chi connectivity index (χ0v) is 25.5. The Labute approximate surface area is 273 Å². The molecule has 0 unspecified atom stereocenters. The predicted molar refractivity (Wildman–Crippen MR) is 192 cm³/mol. The lowest BCUT2D eigenvalue weighted by molar-refractivity contribution is 0.546. The second-order valence-corrected chi connectivity index (χ2v) is 11.6. The van der Waals surface area contributed by atoms with Gasteiger partial charge in [-0.3, -0.25) is 4.90 Å². The van der Waals surface area contributed by atoms with Crippen molar-refractivity contribution >= 4 is 38.6 Å². The highest BCUT2D eigenvalue weighted by Gasteiger charge is 2.38. The molecule has 0 aliphatic carbocycles. The summed E-state index contributed by atoms with van der Waals surface area (Å²) in [6, 6.07) is 48.8. The van der Waals surface area contributed by atoms with Gasteiger partial charge in [-0.1, -0.05) is 140 Å². The number of para-hydroxylation sites is 1. The van der Waals surface area contributed by atoms with Crippen molar-refractivity contribution < 1.29 is 0 Å². The molecule has 0 saturated heterocycles. The molecule has 7 aromatic rings. The Kier molecular flexibility index (Phi) is 6.46. The van der Waals surface area contributed by atoms with E-state index in [-0.39, 0.29) is 0 Å². The molecule has 2 aliphatic heterocycles. The summed E-state index contributed by atoms with van der Waals surface area (Å²) in [5, 5.41) is 4.54. The molecule has 0 spiro atoms. The van der Waals surface area contributed by atoms with Crippen LogP contribution in [0.4, 0.5) is 5.69 Å². The molecular weight excluding hydrogens is 574 g/mol. The van der Waals surface area contributed by atoms with Crippen LogP contribution in [0.2, 0.25) is 0 Å². The Hall–Kier alpha value is -6.33. The summed E-state index contributed by atoms with van der Waals surface area (Å²) in [6.45, 7) is 0.747. The smallest absolute Gasteiger partial charge is 0.182 e. The van der Waals surface area contributed by atoms with Gasteiger partial charge in [0.25, 0.3) is 0 Å². The normalized spacial score (nSPS) is 14.2. The molecule has 9 rings (SSSR count). The van der Waals surface area contributed by atoms with Gasteiger partial charge in [-0.05, 0) is 50.9 Å². The van der Waals surface area contributed by atoms with Gasteiger partial charge in [-0.15, -0.1) is 0 Å². The van der Waals surface area contributed by atoms with E-state index in [4.69, 9.17) is 15.0 Å². The highest BCUT2D eigenvalue weighted by molar-refractivity contribution is 6.20. The van der Waals surface area contributed by atoms with Crippen LogP contribution in [0.3, 0.4) is 0 Å². The molecule has 5 nitrogen and oxygen atoms in total. The molecule has 222 valence electrons. The zero-order chi connectivity index (χ0) is 31.2. The Morgan fingerprint density at radius 1 is 0.489 bits per heavy atom. The van der Waals surface area contributed by atoms with Crippen molar-refractivity contribution in [2.24, 2.45) is 0 Å². The molecule has 1 aromatic heterocycles. The van der Waals surface area contributed by atoms with Gasteiger partial charge in [0, 0.05) is 23.4 Å². The molecule has 47 heavy (non-hydrogen) atoms.